The number of aryl methyl sites for hydroxylation is 1. The van der Waals surface area contributed by atoms with Gasteiger partial charge in [0.1, 0.15) is 0 Å². The van der Waals surface area contributed by atoms with Crippen molar-refractivity contribution in [1.29, 1.82) is 0 Å². The molecule has 198 valence electrons. The first-order valence-corrected chi connectivity index (χ1v) is 14.5. The van der Waals surface area contributed by atoms with Crippen LogP contribution < -0.4 is 14.7 Å². The second-order valence-electron chi connectivity index (χ2n) is 10.1. The molecule has 0 spiro atoms. The molecule has 0 atom stereocenters. The Morgan fingerprint density at radius 2 is 1.38 bits per heavy atom. The minimum atomic E-state index is -3.62. The van der Waals surface area contributed by atoms with Crippen LogP contribution in [0, 0.1) is 0 Å². The molecule has 0 saturated carbocycles. The van der Waals surface area contributed by atoms with Gasteiger partial charge in [0, 0.05) is 71.9 Å². The Labute approximate surface area is 217 Å². The summed E-state index contributed by atoms with van der Waals surface area (Å²) in [6, 6.07) is 7.49. The van der Waals surface area contributed by atoms with E-state index in [0.29, 0.717) is 63.4 Å². The van der Waals surface area contributed by atoms with Crippen molar-refractivity contribution in [2.45, 2.75) is 24.2 Å². The van der Waals surface area contributed by atoms with Crippen LogP contribution in [-0.2, 0) is 27.7 Å². The number of rotatable bonds is 6. The minimum Gasteiger partial charge on any atom is -0.395 e. The summed E-state index contributed by atoms with van der Waals surface area (Å²) in [4.78, 5) is 20.9. The van der Waals surface area contributed by atoms with Gasteiger partial charge in [0.2, 0.25) is 15.9 Å². The van der Waals surface area contributed by atoms with Gasteiger partial charge in [-0.2, -0.15) is 4.31 Å². The molecule has 2 fully saturated rings. The molecule has 37 heavy (non-hydrogen) atoms. The number of aromatic nitrogens is 2. The largest absolute Gasteiger partial charge is 0.395 e. The molecule has 1 N–H and O–H groups in total. The van der Waals surface area contributed by atoms with Crippen molar-refractivity contribution in [3.8, 4) is 0 Å². The van der Waals surface area contributed by atoms with Crippen LogP contribution in [0.5, 0.6) is 0 Å². The van der Waals surface area contributed by atoms with Crippen molar-refractivity contribution in [3.05, 3.63) is 35.4 Å². The molecule has 5 heterocycles. The number of benzene rings is 1. The van der Waals surface area contributed by atoms with Gasteiger partial charge in [0.15, 0.2) is 11.6 Å². The standard InChI is InChI=1S/C25H33N7O4S/c33-16-15-28-7-9-29(10-8-28)22-2-3-23(27-26-22)30-11-13-31(14-12-30)37(35,36)21-17-19-1-4-24(34)32-6-5-20(18-21)25(19)32/h2-3,17-18,33H,1,4-16H2. The molecule has 4 aliphatic rings. The van der Waals surface area contributed by atoms with E-state index in [1.54, 1.807) is 16.4 Å². The topological polar surface area (TPSA) is 113 Å². The molecule has 12 heteroatoms. The van der Waals surface area contributed by atoms with Gasteiger partial charge in [-0.05, 0) is 48.2 Å². The van der Waals surface area contributed by atoms with Crippen LogP contribution in [0.3, 0.4) is 0 Å². The third-order valence-corrected chi connectivity index (χ3v) is 9.85. The summed E-state index contributed by atoms with van der Waals surface area (Å²) in [6.45, 7) is 6.87. The zero-order valence-electron chi connectivity index (χ0n) is 20.9. The summed E-state index contributed by atoms with van der Waals surface area (Å²) >= 11 is 0. The average molecular weight is 528 g/mol. The average Bonchev–Trinajstić information content (AvgIpc) is 3.37. The number of piperazine rings is 2. The number of nitrogens with zero attached hydrogens (tertiary/aromatic N) is 7. The second-order valence-corrected chi connectivity index (χ2v) is 12.0. The molecule has 0 unspecified atom stereocenters. The molecular weight excluding hydrogens is 494 g/mol. The lowest BCUT2D eigenvalue weighted by Crippen LogP contribution is -2.49. The van der Waals surface area contributed by atoms with E-state index in [0.717, 1.165) is 54.6 Å². The highest BCUT2D eigenvalue weighted by Crippen LogP contribution is 2.39. The monoisotopic (exact) mass is 527 g/mol. The smallest absolute Gasteiger partial charge is 0.243 e. The van der Waals surface area contributed by atoms with Crippen LogP contribution in [0.1, 0.15) is 17.5 Å². The molecule has 4 aliphatic heterocycles. The predicted octanol–water partition coefficient (Wildman–Crippen LogP) is -0.0629. The fraction of sp³-hybridized carbons (Fsp3) is 0.560. The number of hydrogen-bond acceptors (Lipinski definition) is 9. The van der Waals surface area contributed by atoms with Gasteiger partial charge in [-0.3, -0.25) is 9.69 Å². The molecule has 1 aromatic carbocycles. The van der Waals surface area contributed by atoms with Crippen LogP contribution in [0.4, 0.5) is 17.3 Å². The van der Waals surface area contributed by atoms with E-state index in [2.05, 4.69) is 24.9 Å². The van der Waals surface area contributed by atoms with Crippen LogP contribution in [0.25, 0.3) is 0 Å². The van der Waals surface area contributed by atoms with E-state index in [-0.39, 0.29) is 12.5 Å². The first kappa shape index (κ1) is 24.5. The molecule has 1 amide bonds. The maximum atomic E-state index is 13.5. The summed E-state index contributed by atoms with van der Waals surface area (Å²) in [7, 11) is -3.62. The van der Waals surface area contributed by atoms with Crippen molar-refractivity contribution >= 4 is 33.3 Å². The number of β-amino-alcohol motifs (C(OH)–C–C–N with tert-alkyl or cyclic N) is 1. The highest BCUT2D eigenvalue weighted by Gasteiger charge is 2.35. The van der Waals surface area contributed by atoms with Gasteiger partial charge in [-0.1, -0.05) is 0 Å². The summed E-state index contributed by atoms with van der Waals surface area (Å²) in [5.41, 5.74) is 2.87. The molecule has 2 saturated heterocycles. The van der Waals surface area contributed by atoms with Crippen molar-refractivity contribution < 1.29 is 18.3 Å². The van der Waals surface area contributed by atoms with Crippen molar-refractivity contribution in [3.63, 3.8) is 0 Å². The lowest BCUT2D eigenvalue weighted by molar-refractivity contribution is -0.118. The maximum Gasteiger partial charge on any atom is 0.243 e. The van der Waals surface area contributed by atoms with Gasteiger partial charge < -0.3 is 19.8 Å². The molecule has 0 bridgehead atoms. The molecule has 6 rings (SSSR count). The number of sulfonamides is 1. The zero-order valence-corrected chi connectivity index (χ0v) is 21.7. The van der Waals surface area contributed by atoms with Gasteiger partial charge in [-0.25, -0.2) is 8.42 Å². The van der Waals surface area contributed by atoms with Gasteiger partial charge in [0.05, 0.1) is 17.2 Å². The molecule has 2 aromatic rings. The van der Waals surface area contributed by atoms with Gasteiger partial charge in [0.25, 0.3) is 0 Å². The zero-order chi connectivity index (χ0) is 25.6. The number of aliphatic hydroxyl groups is 1. The summed E-state index contributed by atoms with van der Waals surface area (Å²) < 4.78 is 28.6. The molecule has 0 radical (unpaired) electrons. The summed E-state index contributed by atoms with van der Waals surface area (Å²) in [6.07, 6.45) is 1.74. The molecular formula is C25H33N7O4S. The Morgan fingerprint density at radius 3 is 1.97 bits per heavy atom. The Kier molecular flexibility index (Phi) is 6.51. The van der Waals surface area contributed by atoms with Crippen molar-refractivity contribution in [2.24, 2.45) is 0 Å². The fourth-order valence-corrected chi connectivity index (χ4v) is 7.40. The number of anilines is 3. The maximum absolute atomic E-state index is 13.5. The highest BCUT2D eigenvalue weighted by atomic mass is 32.2. The summed E-state index contributed by atoms with van der Waals surface area (Å²) in [5.74, 6) is 1.73. The third kappa shape index (κ3) is 4.56. The van der Waals surface area contributed by atoms with Crippen LogP contribution in [0.15, 0.2) is 29.2 Å². The Bertz CT molecular complexity index is 1270. The van der Waals surface area contributed by atoms with Crippen LogP contribution >= 0.6 is 0 Å². The summed E-state index contributed by atoms with van der Waals surface area (Å²) in [5, 5.41) is 18.0. The number of amides is 1. The van der Waals surface area contributed by atoms with Crippen LogP contribution in [-0.4, -0.2) is 111 Å². The van der Waals surface area contributed by atoms with E-state index in [1.807, 2.05) is 17.0 Å². The Morgan fingerprint density at radius 1 is 0.784 bits per heavy atom. The van der Waals surface area contributed by atoms with E-state index >= 15 is 0 Å². The SMILES string of the molecule is O=C1CCc2cc(S(=O)(=O)N3CCN(c4ccc(N5CCN(CCO)CC5)nn4)CC3)cc3c2N1CC3. The minimum absolute atomic E-state index is 0.134. The lowest BCUT2D eigenvalue weighted by Gasteiger charge is -2.36. The van der Waals surface area contributed by atoms with E-state index in [1.165, 1.54) is 0 Å². The first-order chi connectivity index (χ1) is 17.9. The lowest BCUT2D eigenvalue weighted by atomic mass is 10.00. The number of carbonyl (C=O) groups excluding carboxylic acids is 1. The fourth-order valence-electron chi connectivity index (χ4n) is 5.88. The first-order valence-electron chi connectivity index (χ1n) is 13.1. The quantitative estimate of drug-likeness (QED) is 0.552. The van der Waals surface area contributed by atoms with E-state index in [4.69, 9.17) is 5.11 Å². The van der Waals surface area contributed by atoms with Gasteiger partial charge in [-0.15, -0.1) is 10.2 Å². The number of aliphatic hydroxyl groups excluding tert-OH is 1. The third-order valence-electron chi connectivity index (χ3n) is 7.97. The Balaban J connectivity index is 1.09. The Hall–Kier alpha value is -2.80. The second kappa shape index (κ2) is 9.82. The van der Waals surface area contributed by atoms with Crippen molar-refractivity contribution in [1.82, 2.24) is 19.4 Å². The van der Waals surface area contributed by atoms with E-state index < -0.39 is 10.0 Å². The predicted molar refractivity (Wildman–Crippen MR) is 140 cm³/mol. The molecule has 0 aliphatic carbocycles. The van der Waals surface area contributed by atoms with E-state index in [9.17, 15) is 13.2 Å². The number of hydrogen-bond donors (Lipinski definition) is 1. The van der Waals surface area contributed by atoms with Crippen LogP contribution in [0.2, 0.25) is 0 Å². The number of carbonyl (C=O) groups is 1. The normalized spacial score (nSPS) is 21.0. The highest BCUT2D eigenvalue weighted by molar-refractivity contribution is 7.89. The van der Waals surface area contributed by atoms with Crippen molar-refractivity contribution in [2.75, 3.05) is 86.8 Å². The van der Waals surface area contributed by atoms with Gasteiger partial charge >= 0.3 is 0 Å². The molecule has 11 nitrogen and oxygen atoms in total. The molecule has 1 aromatic heterocycles.